The maximum atomic E-state index is 11.0. The smallest absolute Gasteiger partial charge is 0.239 e. The summed E-state index contributed by atoms with van der Waals surface area (Å²) in [6.45, 7) is 0. The minimum Gasteiger partial charge on any atom is -0.487 e. The normalized spacial score (nSPS) is 16.4. The van der Waals surface area contributed by atoms with Gasteiger partial charge in [0.25, 0.3) is 0 Å². The lowest BCUT2D eigenvalue weighted by atomic mass is 10.4. The first-order valence-electron chi connectivity index (χ1n) is 4.32. The van der Waals surface area contributed by atoms with Crippen molar-refractivity contribution in [3.05, 3.63) is 17.4 Å². The number of halogens is 1. The molecule has 0 atom stereocenters. The fourth-order valence-corrected chi connectivity index (χ4v) is 1.63. The van der Waals surface area contributed by atoms with Crippen LogP contribution in [0, 0.1) is 0 Å². The molecule has 82 valence electrons. The van der Waals surface area contributed by atoms with E-state index in [0.29, 0.717) is 0 Å². The van der Waals surface area contributed by atoms with Crippen molar-refractivity contribution >= 4 is 21.6 Å². The highest BCUT2D eigenvalue weighted by molar-refractivity contribution is 7.89. The first-order valence-corrected chi connectivity index (χ1v) is 6.24. The van der Waals surface area contributed by atoms with Gasteiger partial charge in [0.15, 0.2) is 10.9 Å². The van der Waals surface area contributed by atoms with Gasteiger partial charge in [-0.15, -0.1) is 0 Å². The molecule has 0 bridgehead atoms. The Morgan fingerprint density at radius 2 is 2.20 bits per heavy atom. The van der Waals surface area contributed by atoms with Crippen LogP contribution in [0.1, 0.15) is 12.8 Å². The molecule has 5 nitrogen and oxygen atoms in total. The van der Waals surface area contributed by atoms with E-state index in [2.05, 4.69) is 4.98 Å². The summed E-state index contributed by atoms with van der Waals surface area (Å²) in [6, 6.07) is 1.29. The molecule has 0 radical (unpaired) electrons. The number of ether oxygens (including phenoxy) is 1. The highest BCUT2D eigenvalue weighted by Gasteiger charge is 2.25. The summed E-state index contributed by atoms with van der Waals surface area (Å²) in [5, 5.41) is 5.10. The molecule has 0 spiro atoms. The number of sulfonamides is 1. The van der Waals surface area contributed by atoms with Gasteiger partial charge in [-0.3, -0.25) is 0 Å². The number of pyridine rings is 1. The number of rotatable bonds is 3. The highest BCUT2D eigenvalue weighted by atomic mass is 35.5. The Balaban J connectivity index is 2.35. The van der Waals surface area contributed by atoms with E-state index in [0.717, 1.165) is 19.0 Å². The molecular formula is C8H9ClN2O3S. The Morgan fingerprint density at radius 3 is 2.73 bits per heavy atom. The van der Waals surface area contributed by atoms with Gasteiger partial charge in [0.2, 0.25) is 10.0 Å². The van der Waals surface area contributed by atoms with Crippen LogP contribution in [0.2, 0.25) is 5.15 Å². The predicted octanol–water partition coefficient (Wildman–Crippen LogP) is 0.924. The number of nitrogens with two attached hydrogens (primary N) is 1. The average molecular weight is 249 g/mol. The summed E-state index contributed by atoms with van der Waals surface area (Å²) < 4.78 is 27.5. The van der Waals surface area contributed by atoms with Crippen molar-refractivity contribution in [1.29, 1.82) is 0 Å². The molecule has 0 saturated heterocycles. The van der Waals surface area contributed by atoms with Crippen molar-refractivity contribution < 1.29 is 13.2 Å². The Labute approximate surface area is 92.3 Å². The third-order valence-corrected chi connectivity index (χ3v) is 3.09. The quantitative estimate of drug-likeness (QED) is 0.807. The maximum Gasteiger partial charge on any atom is 0.239 e. The van der Waals surface area contributed by atoms with Crippen LogP contribution in [0.25, 0.3) is 0 Å². The third kappa shape index (κ3) is 2.58. The summed E-state index contributed by atoms with van der Waals surface area (Å²) in [5.41, 5.74) is 0. The van der Waals surface area contributed by atoms with Gasteiger partial charge in [-0.1, -0.05) is 11.6 Å². The van der Waals surface area contributed by atoms with E-state index in [4.69, 9.17) is 21.5 Å². The summed E-state index contributed by atoms with van der Waals surface area (Å²) >= 11 is 5.75. The van der Waals surface area contributed by atoms with Crippen LogP contribution in [0.15, 0.2) is 17.2 Å². The largest absolute Gasteiger partial charge is 0.487 e. The van der Waals surface area contributed by atoms with Gasteiger partial charge in [-0.2, -0.15) is 0 Å². The van der Waals surface area contributed by atoms with E-state index in [1.165, 1.54) is 6.07 Å². The molecular weight excluding hydrogens is 240 g/mol. The lowest BCUT2D eigenvalue weighted by Gasteiger charge is -2.06. The second kappa shape index (κ2) is 3.62. The molecule has 1 aliphatic rings. The van der Waals surface area contributed by atoms with E-state index < -0.39 is 10.0 Å². The molecule has 15 heavy (non-hydrogen) atoms. The molecule has 1 aromatic rings. The summed E-state index contributed by atoms with van der Waals surface area (Å²) in [7, 11) is -3.76. The summed E-state index contributed by atoms with van der Waals surface area (Å²) in [6.07, 6.45) is 3.14. The van der Waals surface area contributed by atoms with Crippen molar-refractivity contribution in [3.63, 3.8) is 0 Å². The maximum absolute atomic E-state index is 11.0. The zero-order chi connectivity index (χ0) is 11.1. The molecule has 2 N–H and O–H groups in total. The first kappa shape index (κ1) is 10.7. The van der Waals surface area contributed by atoms with E-state index in [1.807, 2.05) is 0 Å². The van der Waals surface area contributed by atoms with E-state index in [-0.39, 0.29) is 21.9 Å². The van der Waals surface area contributed by atoms with Crippen LogP contribution < -0.4 is 9.88 Å². The fourth-order valence-electron chi connectivity index (χ4n) is 1.01. The fraction of sp³-hybridized carbons (Fsp3) is 0.375. The monoisotopic (exact) mass is 248 g/mol. The average Bonchev–Trinajstić information content (AvgIpc) is 2.90. The summed E-state index contributed by atoms with van der Waals surface area (Å²) in [5.74, 6) is 0.269. The molecule has 0 aliphatic heterocycles. The van der Waals surface area contributed by atoms with Gasteiger partial charge in [-0.25, -0.2) is 18.5 Å². The van der Waals surface area contributed by atoms with Crippen LogP contribution >= 0.6 is 11.6 Å². The molecule has 7 heteroatoms. The molecule has 1 aliphatic carbocycles. The number of aromatic nitrogens is 1. The van der Waals surface area contributed by atoms with Crippen molar-refractivity contribution in [1.82, 2.24) is 4.98 Å². The van der Waals surface area contributed by atoms with Crippen molar-refractivity contribution in [3.8, 4) is 5.75 Å². The third-order valence-electron chi connectivity index (χ3n) is 1.93. The van der Waals surface area contributed by atoms with Gasteiger partial charge < -0.3 is 4.74 Å². The van der Waals surface area contributed by atoms with Crippen molar-refractivity contribution in [2.24, 2.45) is 5.14 Å². The molecule has 1 saturated carbocycles. The zero-order valence-electron chi connectivity index (χ0n) is 7.68. The van der Waals surface area contributed by atoms with Crippen LogP contribution in [0.5, 0.6) is 5.75 Å². The minimum atomic E-state index is -3.76. The van der Waals surface area contributed by atoms with Crippen LogP contribution in [0.3, 0.4) is 0 Å². The molecule has 1 heterocycles. The van der Waals surface area contributed by atoms with Gasteiger partial charge >= 0.3 is 0 Å². The molecule has 0 unspecified atom stereocenters. The van der Waals surface area contributed by atoms with Crippen LogP contribution in [0.4, 0.5) is 0 Å². The lowest BCUT2D eigenvalue weighted by molar-refractivity contribution is 0.301. The molecule has 1 aromatic heterocycles. The minimum absolute atomic E-state index is 0.0949. The predicted molar refractivity (Wildman–Crippen MR) is 54.3 cm³/mol. The first-order chi connectivity index (χ1) is 6.97. The second-order valence-electron chi connectivity index (χ2n) is 3.32. The van der Waals surface area contributed by atoms with Crippen LogP contribution in [-0.4, -0.2) is 19.5 Å². The molecule has 0 amide bonds. The van der Waals surface area contributed by atoms with E-state index in [9.17, 15) is 8.42 Å². The number of primary sulfonamides is 1. The topological polar surface area (TPSA) is 82.3 Å². The van der Waals surface area contributed by atoms with Crippen molar-refractivity contribution in [2.75, 3.05) is 0 Å². The number of nitrogens with zero attached hydrogens (tertiary/aromatic N) is 1. The lowest BCUT2D eigenvalue weighted by Crippen LogP contribution is -2.13. The van der Waals surface area contributed by atoms with Gasteiger partial charge in [-0.05, 0) is 12.8 Å². The Hall–Kier alpha value is -0.850. The van der Waals surface area contributed by atoms with Crippen molar-refractivity contribution in [2.45, 2.75) is 23.8 Å². The second-order valence-corrected chi connectivity index (χ2v) is 5.24. The van der Waals surface area contributed by atoms with Gasteiger partial charge in [0, 0.05) is 12.3 Å². The highest BCUT2D eigenvalue weighted by Crippen LogP contribution is 2.31. The molecule has 1 fully saturated rings. The van der Waals surface area contributed by atoms with E-state index >= 15 is 0 Å². The van der Waals surface area contributed by atoms with Gasteiger partial charge in [0.1, 0.15) is 4.90 Å². The van der Waals surface area contributed by atoms with E-state index in [1.54, 1.807) is 0 Å². The summed E-state index contributed by atoms with van der Waals surface area (Å²) in [4.78, 5) is 3.61. The van der Waals surface area contributed by atoms with Crippen LogP contribution in [-0.2, 0) is 10.0 Å². The molecule has 0 aromatic carbocycles. The Bertz CT molecular complexity index is 485. The number of hydrogen-bond donors (Lipinski definition) is 1. The standard InChI is InChI=1S/C8H9ClN2O3S/c9-8-7(14-5-1-2-5)3-6(4-11-8)15(10,12)13/h3-5H,1-2H2,(H2,10,12,13). The van der Waals surface area contributed by atoms with Gasteiger partial charge in [0.05, 0.1) is 6.10 Å². The Kier molecular flexibility index (Phi) is 2.57. The zero-order valence-corrected chi connectivity index (χ0v) is 9.25. The Morgan fingerprint density at radius 1 is 1.53 bits per heavy atom. The SMILES string of the molecule is NS(=O)(=O)c1cnc(Cl)c(OC2CC2)c1. The number of hydrogen-bond acceptors (Lipinski definition) is 4. The molecule has 2 rings (SSSR count).